The van der Waals surface area contributed by atoms with Gasteiger partial charge in [0.05, 0.1) is 0 Å². The van der Waals surface area contributed by atoms with E-state index in [-0.39, 0.29) is 18.6 Å². The summed E-state index contributed by atoms with van der Waals surface area (Å²) in [5.74, 6) is 0. The number of rotatable bonds is 1. The van der Waals surface area contributed by atoms with Crippen molar-refractivity contribution in [1.82, 2.24) is 9.97 Å². The van der Waals surface area contributed by atoms with Gasteiger partial charge < -0.3 is 6.07 Å². The second-order valence-corrected chi connectivity index (χ2v) is 1.47. The van der Waals surface area contributed by atoms with Crippen LogP contribution in [0, 0.1) is 6.07 Å². The molecule has 3 heteroatoms. The molecular formula is C6H7N2V-. The van der Waals surface area contributed by atoms with Gasteiger partial charge in [0, 0.05) is 18.6 Å². The molecule has 1 radical (unpaired) electrons. The van der Waals surface area contributed by atoms with Crippen molar-refractivity contribution in [2.75, 3.05) is 0 Å². The maximum Gasteiger partial charge on any atom is 0.108 e. The van der Waals surface area contributed by atoms with Crippen LogP contribution >= 0.6 is 0 Å². The summed E-state index contributed by atoms with van der Waals surface area (Å²) in [4.78, 5) is 7.66. The first-order valence-corrected chi connectivity index (χ1v) is 2.60. The van der Waals surface area contributed by atoms with E-state index in [4.69, 9.17) is 0 Å². The van der Waals surface area contributed by atoms with Crippen molar-refractivity contribution >= 4 is 0 Å². The van der Waals surface area contributed by atoms with E-state index in [1.807, 2.05) is 6.92 Å². The van der Waals surface area contributed by atoms with Gasteiger partial charge in [0.1, 0.15) is 6.33 Å². The van der Waals surface area contributed by atoms with E-state index in [0.717, 1.165) is 12.1 Å². The van der Waals surface area contributed by atoms with Crippen LogP contribution in [-0.2, 0) is 25.0 Å². The summed E-state index contributed by atoms with van der Waals surface area (Å²) in [7, 11) is 0. The molecule has 0 saturated heterocycles. The molecule has 1 aromatic heterocycles. The summed E-state index contributed by atoms with van der Waals surface area (Å²) in [5.41, 5.74) is 0.972. The Balaban J connectivity index is 0.000000640. The number of aromatic nitrogens is 2. The molecule has 0 aliphatic rings. The molecule has 1 rings (SSSR count). The third kappa shape index (κ3) is 2.63. The van der Waals surface area contributed by atoms with Gasteiger partial charge in [-0.05, 0) is 6.42 Å². The molecule has 0 spiro atoms. The van der Waals surface area contributed by atoms with Crippen molar-refractivity contribution in [2.45, 2.75) is 13.3 Å². The fraction of sp³-hybridized carbons (Fsp3) is 0.333. The average molecular weight is 158 g/mol. The Morgan fingerprint density at radius 1 is 1.67 bits per heavy atom. The average Bonchev–Trinajstić information content (AvgIpc) is 1.90. The third-order valence-corrected chi connectivity index (χ3v) is 0.921. The fourth-order valence-corrected chi connectivity index (χ4v) is 0.479. The van der Waals surface area contributed by atoms with Crippen LogP contribution in [0.3, 0.4) is 0 Å². The summed E-state index contributed by atoms with van der Waals surface area (Å²) >= 11 is 0. The quantitative estimate of drug-likeness (QED) is 0.566. The summed E-state index contributed by atoms with van der Waals surface area (Å²) in [6, 6.07) is 2.90. The van der Waals surface area contributed by atoms with Crippen molar-refractivity contribution < 1.29 is 18.6 Å². The summed E-state index contributed by atoms with van der Waals surface area (Å²) in [6.07, 6.45) is 4.10. The zero-order chi connectivity index (χ0) is 5.82. The van der Waals surface area contributed by atoms with Crippen LogP contribution in [0.4, 0.5) is 0 Å². The van der Waals surface area contributed by atoms with Crippen molar-refractivity contribution in [1.29, 1.82) is 0 Å². The van der Waals surface area contributed by atoms with Gasteiger partial charge in [-0.2, -0.15) is 0 Å². The largest absolute Gasteiger partial charge is 0.430 e. The summed E-state index contributed by atoms with van der Waals surface area (Å²) in [6.45, 7) is 2.04. The zero-order valence-corrected chi connectivity index (χ0v) is 6.60. The van der Waals surface area contributed by atoms with Crippen LogP contribution in [0.25, 0.3) is 0 Å². The predicted octanol–water partition coefficient (Wildman–Crippen LogP) is 0.837. The second kappa shape index (κ2) is 4.53. The molecule has 2 nitrogen and oxygen atoms in total. The minimum atomic E-state index is 0. The van der Waals surface area contributed by atoms with Crippen molar-refractivity contribution in [3.8, 4) is 0 Å². The van der Waals surface area contributed by atoms with E-state index in [9.17, 15) is 0 Å². The Morgan fingerprint density at radius 3 is 2.78 bits per heavy atom. The number of hydrogen-bond donors (Lipinski definition) is 0. The molecule has 0 unspecified atom stereocenters. The van der Waals surface area contributed by atoms with E-state index in [1.54, 1.807) is 6.20 Å². The molecule has 0 saturated carbocycles. The van der Waals surface area contributed by atoms with Crippen molar-refractivity contribution in [3.05, 3.63) is 24.3 Å². The van der Waals surface area contributed by atoms with Gasteiger partial charge in [0.25, 0.3) is 0 Å². The molecule has 0 atom stereocenters. The Hall–Kier alpha value is -0.336. The van der Waals surface area contributed by atoms with Crippen LogP contribution in [0.1, 0.15) is 12.6 Å². The number of aryl methyl sites for hydroxylation is 1. The van der Waals surface area contributed by atoms with Gasteiger partial charge >= 0.3 is 0 Å². The molecular weight excluding hydrogens is 151 g/mol. The molecule has 47 valence electrons. The van der Waals surface area contributed by atoms with Crippen LogP contribution in [0.2, 0.25) is 0 Å². The standard InChI is InChI=1S/C6H7N2.V/c1-2-6-3-4-7-5-8-6;/h4-5H,2H2,1H3;/q-1;. The molecule has 1 heterocycles. The molecule has 0 aromatic carbocycles. The first kappa shape index (κ1) is 8.66. The van der Waals surface area contributed by atoms with E-state index in [0.29, 0.717) is 0 Å². The Kier molecular flexibility index (Phi) is 4.37. The summed E-state index contributed by atoms with van der Waals surface area (Å²) < 4.78 is 0. The maximum absolute atomic E-state index is 3.93. The molecule has 0 aliphatic heterocycles. The Morgan fingerprint density at radius 2 is 2.44 bits per heavy atom. The first-order chi connectivity index (χ1) is 3.93. The van der Waals surface area contributed by atoms with Gasteiger partial charge in [-0.1, -0.05) is 6.92 Å². The second-order valence-electron chi connectivity index (χ2n) is 1.47. The van der Waals surface area contributed by atoms with E-state index >= 15 is 0 Å². The number of hydrogen-bond acceptors (Lipinski definition) is 2. The van der Waals surface area contributed by atoms with Crippen LogP contribution in [0.15, 0.2) is 12.5 Å². The topological polar surface area (TPSA) is 25.8 Å². The smallest absolute Gasteiger partial charge is 0.108 e. The fourth-order valence-electron chi connectivity index (χ4n) is 0.479. The third-order valence-electron chi connectivity index (χ3n) is 0.921. The van der Waals surface area contributed by atoms with Crippen molar-refractivity contribution in [3.63, 3.8) is 0 Å². The SMILES string of the molecule is CCc1[c-]cncn1.[V]. The monoisotopic (exact) mass is 158 g/mol. The van der Waals surface area contributed by atoms with E-state index < -0.39 is 0 Å². The molecule has 9 heavy (non-hydrogen) atoms. The normalized spacial score (nSPS) is 8.11. The minimum Gasteiger partial charge on any atom is -0.430 e. The van der Waals surface area contributed by atoms with Gasteiger partial charge in [0.15, 0.2) is 0 Å². The number of nitrogens with zero attached hydrogens (tertiary/aromatic N) is 2. The molecule has 1 aromatic rings. The van der Waals surface area contributed by atoms with Crippen molar-refractivity contribution in [2.24, 2.45) is 0 Å². The molecule has 0 bridgehead atoms. The molecule has 0 amide bonds. The predicted molar refractivity (Wildman–Crippen MR) is 30.2 cm³/mol. The maximum atomic E-state index is 3.93. The van der Waals surface area contributed by atoms with Gasteiger partial charge in [-0.15, -0.1) is 11.9 Å². The molecule has 0 N–H and O–H groups in total. The van der Waals surface area contributed by atoms with Crippen LogP contribution < -0.4 is 0 Å². The van der Waals surface area contributed by atoms with Gasteiger partial charge in [0.2, 0.25) is 0 Å². The molecule has 0 aliphatic carbocycles. The molecule has 0 fully saturated rings. The Bertz CT molecular complexity index is 152. The van der Waals surface area contributed by atoms with Crippen LogP contribution in [-0.4, -0.2) is 9.97 Å². The first-order valence-electron chi connectivity index (χ1n) is 2.60. The minimum absolute atomic E-state index is 0. The van der Waals surface area contributed by atoms with E-state index in [2.05, 4.69) is 16.0 Å². The summed E-state index contributed by atoms with van der Waals surface area (Å²) in [5, 5.41) is 0. The van der Waals surface area contributed by atoms with Gasteiger partial charge in [-0.25, -0.2) is 0 Å². The zero-order valence-electron chi connectivity index (χ0n) is 5.20. The Labute approximate surface area is 66.6 Å². The van der Waals surface area contributed by atoms with E-state index in [1.165, 1.54) is 6.33 Å². The van der Waals surface area contributed by atoms with Crippen LogP contribution in [0.5, 0.6) is 0 Å². The van der Waals surface area contributed by atoms with Gasteiger partial charge in [-0.3, -0.25) is 9.97 Å².